The topological polar surface area (TPSA) is 80.3 Å². The van der Waals surface area contributed by atoms with E-state index in [1.165, 1.54) is 18.4 Å². The van der Waals surface area contributed by atoms with Gasteiger partial charge in [0.1, 0.15) is 15.5 Å². The first-order valence-electron chi connectivity index (χ1n) is 10.7. The molecule has 35 heavy (non-hydrogen) atoms. The first-order chi connectivity index (χ1) is 16.3. The van der Waals surface area contributed by atoms with Crippen LogP contribution in [-0.4, -0.2) is 23.9 Å². The Balaban J connectivity index is 0.00000342. The van der Waals surface area contributed by atoms with Gasteiger partial charge in [-0.1, -0.05) is 35.9 Å². The molecule has 2 aromatic carbocycles. The van der Waals surface area contributed by atoms with Crippen LogP contribution < -0.4 is 15.4 Å². The van der Waals surface area contributed by atoms with Crippen molar-refractivity contribution in [1.29, 1.82) is 0 Å². The Kier molecular flexibility index (Phi) is 8.38. The van der Waals surface area contributed by atoms with Gasteiger partial charge in [-0.15, -0.1) is 23.7 Å². The fourth-order valence-electron chi connectivity index (χ4n) is 3.70. The average molecular weight is 530 g/mol. The summed E-state index contributed by atoms with van der Waals surface area (Å²) in [6, 6.07) is 14.2. The molecule has 0 radical (unpaired) electrons. The fourth-order valence-corrected chi connectivity index (χ4v) is 4.98. The van der Waals surface area contributed by atoms with Crippen LogP contribution in [0.5, 0.6) is 5.75 Å². The molecule has 4 rings (SSSR count). The highest BCUT2D eigenvalue weighted by molar-refractivity contribution is 7.21. The Morgan fingerprint density at radius 2 is 1.69 bits per heavy atom. The van der Waals surface area contributed by atoms with E-state index in [1.54, 1.807) is 36.4 Å². The molecule has 2 heterocycles. The van der Waals surface area contributed by atoms with Crippen LogP contribution in [0.25, 0.3) is 10.2 Å². The summed E-state index contributed by atoms with van der Waals surface area (Å²) in [6.07, 6.45) is 0. The number of pyridine rings is 1. The van der Waals surface area contributed by atoms with Crippen LogP contribution in [-0.2, 0) is 6.54 Å². The van der Waals surface area contributed by atoms with Gasteiger partial charge < -0.3 is 15.4 Å². The molecule has 2 N–H and O–H groups in total. The molecule has 9 heteroatoms. The molecule has 0 aliphatic heterocycles. The zero-order valence-corrected chi connectivity index (χ0v) is 22.1. The summed E-state index contributed by atoms with van der Waals surface area (Å²) < 4.78 is 5.35. The lowest BCUT2D eigenvalue weighted by molar-refractivity contribution is 0.0956. The number of para-hydroxylation sites is 1. The molecule has 0 aliphatic carbocycles. The number of thiophene rings is 1. The highest BCUT2D eigenvalue weighted by Gasteiger charge is 2.25. The molecule has 0 unspecified atom stereocenters. The summed E-state index contributed by atoms with van der Waals surface area (Å²) in [6.45, 7) is 6.23. The van der Waals surface area contributed by atoms with E-state index >= 15 is 0 Å². The predicted molar refractivity (Wildman–Crippen MR) is 145 cm³/mol. The third-order valence-corrected chi connectivity index (χ3v) is 7.14. The monoisotopic (exact) mass is 529 g/mol. The van der Waals surface area contributed by atoms with E-state index in [0.717, 1.165) is 27.8 Å². The number of ether oxygens (including phenoxy) is 1. The minimum atomic E-state index is -0.360. The lowest BCUT2D eigenvalue weighted by Gasteiger charge is -2.12. The number of carbonyl (C=O) groups excluding carboxylic acids is 2. The van der Waals surface area contributed by atoms with Gasteiger partial charge in [0.25, 0.3) is 11.8 Å². The van der Waals surface area contributed by atoms with Gasteiger partial charge in [-0.2, -0.15) is 0 Å². The van der Waals surface area contributed by atoms with Gasteiger partial charge in [-0.3, -0.25) is 9.59 Å². The van der Waals surface area contributed by atoms with E-state index in [-0.39, 0.29) is 24.2 Å². The Morgan fingerprint density at radius 3 is 2.37 bits per heavy atom. The summed E-state index contributed by atoms with van der Waals surface area (Å²) >= 11 is 7.22. The second kappa shape index (κ2) is 11.1. The van der Waals surface area contributed by atoms with Crippen molar-refractivity contribution in [2.45, 2.75) is 27.3 Å². The lowest BCUT2D eigenvalue weighted by atomic mass is 10.0. The van der Waals surface area contributed by atoms with Gasteiger partial charge in [0.15, 0.2) is 0 Å². The van der Waals surface area contributed by atoms with Crippen molar-refractivity contribution in [3.05, 3.63) is 86.4 Å². The average Bonchev–Trinajstić information content (AvgIpc) is 3.19. The predicted octanol–water partition coefficient (Wildman–Crippen LogP) is 6.49. The number of nitrogens with zero attached hydrogens (tertiary/aromatic N) is 1. The second-order valence-electron chi connectivity index (χ2n) is 7.90. The maximum absolute atomic E-state index is 13.3. The van der Waals surface area contributed by atoms with Crippen molar-refractivity contribution >= 4 is 63.1 Å². The summed E-state index contributed by atoms with van der Waals surface area (Å²) in [7, 11) is 1.52. The number of methoxy groups -OCH3 is 1. The highest BCUT2D eigenvalue weighted by atomic mass is 35.5. The van der Waals surface area contributed by atoms with Gasteiger partial charge in [0.05, 0.1) is 18.4 Å². The molecule has 0 aliphatic rings. The summed E-state index contributed by atoms with van der Waals surface area (Å²) in [5, 5.41) is 7.32. The van der Waals surface area contributed by atoms with Gasteiger partial charge in [-0.25, -0.2) is 4.98 Å². The third kappa shape index (κ3) is 5.42. The molecule has 0 fully saturated rings. The van der Waals surface area contributed by atoms with Crippen molar-refractivity contribution in [3.8, 4) is 5.75 Å². The Bertz CT molecular complexity index is 1400. The highest BCUT2D eigenvalue weighted by Crippen LogP contribution is 2.39. The minimum Gasteiger partial charge on any atom is -0.496 e. The first-order valence-corrected chi connectivity index (χ1v) is 11.9. The van der Waals surface area contributed by atoms with Gasteiger partial charge in [0.2, 0.25) is 0 Å². The lowest BCUT2D eigenvalue weighted by Crippen LogP contribution is -2.23. The number of anilines is 1. The zero-order chi connectivity index (χ0) is 24.4. The van der Waals surface area contributed by atoms with Gasteiger partial charge >= 0.3 is 0 Å². The number of fused-ring (bicyclic) bond motifs is 1. The van der Waals surface area contributed by atoms with Crippen LogP contribution in [0.2, 0.25) is 5.02 Å². The molecule has 0 saturated carbocycles. The van der Waals surface area contributed by atoms with E-state index in [1.807, 2.05) is 32.9 Å². The number of nitrogens with one attached hydrogen (secondary N) is 2. The van der Waals surface area contributed by atoms with E-state index in [4.69, 9.17) is 16.3 Å². The molecule has 2 amide bonds. The fraction of sp³-hybridized carbons (Fsp3) is 0.192. The maximum Gasteiger partial charge on any atom is 0.263 e. The molecule has 6 nitrogen and oxygen atoms in total. The van der Waals surface area contributed by atoms with E-state index in [9.17, 15) is 9.59 Å². The van der Waals surface area contributed by atoms with E-state index in [2.05, 4.69) is 15.6 Å². The summed E-state index contributed by atoms with van der Waals surface area (Å²) in [5.41, 5.74) is 4.64. The number of benzene rings is 2. The maximum atomic E-state index is 13.3. The van der Waals surface area contributed by atoms with Crippen LogP contribution in [0.15, 0.2) is 48.5 Å². The molecular weight excluding hydrogens is 505 g/mol. The van der Waals surface area contributed by atoms with E-state index < -0.39 is 0 Å². The third-order valence-electron chi connectivity index (χ3n) is 5.80. The van der Waals surface area contributed by atoms with Gasteiger partial charge in [0, 0.05) is 22.6 Å². The normalized spacial score (nSPS) is 10.5. The Hall–Kier alpha value is -3.13. The van der Waals surface area contributed by atoms with Gasteiger partial charge in [-0.05, 0) is 61.7 Å². The van der Waals surface area contributed by atoms with Crippen molar-refractivity contribution in [2.24, 2.45) is 0 Å². The summed E-state index contributed by atoms with van der Waals surface area (Å²) in [5.74, 6) is -0.195. The summed E-state index contributed by atoms with van der Waals surface area (Å²) in [4.78, 5) is 32.3. The van der Waals surface area contributed by atoms with Crippen LogP contribution in [0.4, 0.5) is 5.69 Å². The Morgan fingerprint density at radius 1 is 1.00 bits per heavy atom. The molecule has 4 aromatic rings. The van der Waals surface area contributed by atoms with Crippen molar-refractivity contribution < 1.29 is 14.3 Å². The molecule has 182 valence electrons. The van der Waals surface area contributed by atoms with Crippen LogP contribution >= 0.6 is 35.3 Å². The van der Waals surface area contributed by atoms with Crippen LogP contribution in [0, 0.1) is 20.8 Å². The molecule has 0 atom stereocenters. The number of aryl methyl sites for hydroxylation is 2. The quantitative estimate of drug-likeness (QED) is 0.299. The largest absolute Gasteiger partial charge is 0.496 e. The molecule has 2 aromatic heterocycles. The minimum absolute atomic E-state index is 0. The standard InChI is InChI=1S/C26H24ClN3O3S.ClH/c1-14-15(2)21-22(30-24(31)19-7-5-6-8-20(19)33-4)23(34-26(21)29-16(14)3)25(32)28-13-17-9-11-18(27)12-10-17;/h5-12H,13H2,1-4H3,(H,28,32)(H,30,31);1H. The molecule has 0 bridgehead atoms. The smallest absolute Gasteiger partial charge is 0.263 e. The number of hydrogen-bond donors (Lipinski definition) is 2. The SMILES string of the molecule is COc1ccccc1C(=O)Nc1c(C(=O)NCc2ccc(Cl)cc2)sc2nc(C)c(C)c(C)c12.Cl. The molecular formula is C26H25Cl2N3O3S. The van der Waals surface area contributed by atoms with Crippen molar-refractivity contribution in [1.82, 2.24) is 10.3 Å². The zero-order valence-electron chi connectivity index (χ0n) is 19.7. The first kappa shape index (κ1) is 26.5. The Labute approximate surface area is 219 Å². The van der Waals surface area contributed by atoms with Crippen molar-refractivity contribution in [3.63, 3.8) is 0 Å². The number of aromatic nitrogens is 1. The number of hydrogen-bond acceptors (Lipinski definition) is 5. The number of amides is 2. The molecule has 0 spiro atoms. The van der Waals surface area contributed by atoms with Crippen LogP contribution in [0.3, 0.4) is 0 Å². The number of rotatable bonds is 6. The second-order valence-corrected chi connectivity index (χ2v) is 9.33. The molecule has 0 saturated heterocycles. The van der Waals surface area contributed by atoms with Crippen LogP contribution in [0.1, 0.15) is 42.4 Å². The number of halogens is 2. The number of carbonyl (C=O) groups is 2. The van der Waals surface area contributed by atoms with E-state index in [0.29, 0.717) is 38.3 Å². The van der Waals surface area contributed by atoms with Crippen molar-refractivity contribution in [2.75, 3.05) is 12.4 Å².